The molecule has 1 unspecified atom stereocenters. The molecule has 1 atom stereocenters. The van der Waals surface area contributed by atoms with Crippen molar-refractivity contribution in [1.29, 1.82) is 0 Å². The monoisotopic (exact) mass is 1110 g/mol. The van der Waals surface area contributed by atoms with E-state index in [0.717, 1.165) is 17.7 Å². The molecule has 0 nitrogen and oxygen atoms in total. The van der Waals surface area contributed by atoms with Crippen molar-refractivity contribution in [3.63, 3.8) is 0 Å². The molecule has 0 saturated carbocycles. The van der Waals surface area contributed by atoms with Crippen molar-refractivity contribution >= 4 is 72.5 Å². The third kappa shape index (κ3) is 7.58. The van der Waals surface area contributed by atoms with E-state index < -0.39 is 10.8 Å². The molecule has 12 aromatic rings. The highest BCUT2D eigenvalue weighted by atomic mass is 32.2. The summed E-state index contributed by atoms with van der Waals surface area (Å²) in [6.45, 7) is 4.28. The fraction of sp³-hybridized carbons (Fsp3) is 0.0500. The highest BCUT2D eigenvalue weighted by Crippen LogP contribution is 2.68. The van der Waals surface area contributed by atoms with Gasteiger partial charge < -0.3 is 0 Å². The molecule has 2 spiro atoms. The quantitative estimate of drug-likeness (QED) is 0.0971. The summed E-state index contributed by atoms with van der Waals surface area (Å²) >= 11 is 5.50. The number of allylic oxidation sites excluding steroid dienone is 8. The summed E-state index contributed by atoms with van der Waals surface area (Å²) in [4.78, 5) is 6.22. The molecule has 0 aliphatic heterocycles. The first-order chi connectivity index (χ1) is 41.1. The summed E-state index contributed by atoms with van der Waals surface area (Å²) in [5, 5.41) is 7.08. The van der Waals surface area contributed by atoms with E-state index in [0.29, 0.717) is 0 Å². The van der Waals surface area contributed by atoms with Gasteiger partial charge in [-0.05, 0) is 171 Å². The Bertz CT molecular complexity index is 4740. The molecule has 83 heavy (non-hydrogen) atoms. The van der Waals surface area contributed by atoms with Crippen LogP contribution in [0, 0.1) is 0 Å². The Kier molecular flexibility index (Phi) is 12.0. The van der Waals surface area contributed by atoms with Crippen LogP contribution in [0.2, 0.25) is 0 Å². The summed E-state index contributed by atoms with van der Waals surface area (Å²) in [6.07, 6.45) is 17.7. The van der Waals surface area contributed by atoms with E-state index in [2.05, 4.69) is 291 Å². The topological polar surface area (TPSA) is 0 Å². The van der Waals surface area contributed by atoms with Gasteiger partial charge in [0, 0.05) is 35.5 Å². The minimum absolute atomic E-state index is 0.506. The lowest BCUT2D eigenvalue weighted by atomic mass is 9.52. The van der Waals surface area contributed by atoms with Gasteiger partial charge in [-0.1, -0.05) is 261 Å². The zero-order chi connectivity index (χ0) is 55.1. The molecule has 4 aliphatic rings. The minimum Gasteiger partial charge on any atom is -0.134 e. The van der Waals surface area contributed by atoms with Gasteiger partial charge in [0.15, 0.2) is 0 Å². The number of benzene rings is 10. The Morgan fingerprint density at radius 3 is 1.69 bits per heavy atom. The average Bonchev–Trinajstić information content (AvgIpc) is 1.67. The number of fused-ring (bicyclic) bond motifs is 18. The molecule has 0 radical (unpaired) electrons. The molecule has 3 heteroatoms. The Labute approximate surface area is 497 Å². The van der Waals surface area contributed by atoms with Gasteiger partial charge in [0.1, 0.15) is 0 Å². The third-order valence-corrected chi connectivity index (χ3v) is 21.1. The van der Waals surface area contributed by atoms with E-state index in [4.69, 9.17) is 0 Å². The molecule has 10 aromatic carbocycles. The van der Waals surface area contributed by atoms with Crippen molar-refractivity contribution in [3.8, 4) is 52.9 Å². The van der Waals surface area contributed by atoms with Crippen LogP contribution >= 0.6 is 34.4 Å². The second-order valence-electron chi connectivity index (χ2n) is 22.0. The molecule has 0 fully saturated rings. The van der Waals surface area contributed by atoms with Crippen LogP contribution in [0.25, 0.3) is 91.0 Å². The highest BCUT2D eigenvalue weighted by Gasteiger charge is 2.60. The molecule has 0 amide bonds. The van der Waals surface area contributed by atoms with Gasteiger partial charge in [0.05, 0.1) is 10.8 Å². The zero-order valence-electron chi connectivity index (χ0n) is 45.6. The van der Waals surface area contributed by atoms with E-state index in [1.165, 1.54) is 141 Å². The van der Waals surface area contributed by atoms with Gasteiger partial charge in [0.2, 0.25) is 0 Å². The van der Waals surface area contributed by atoms with Gasteiger partial charge >= 0.3 is 0 Å². The Morgan fingerprint density at radius 2 is 0.952 bits per heavy atom. The second-order valence-corrected chi connectivity index (χ2v) is 25.1. The fourth-order valence-electron chi connectivity index (χ4n) is 14.6. The van der Waals surface area contributed by atoms with E-state index in [-0.39, 0.29) is 0 Å². The fourth-order valence-corrected chi connectivity index (χ4v) is 17.6. The zero-order valence-corrected chi connectivity index (χ0v) is 48.0. The molecule has 392 valence electrons. The van der Waals surface area contributed by atoms with Crippen molar-refractivity contribution in [2.45, 2.75) is 23.7 Å². The van der Waals surface area contributed by atoms with Gasteiger partial charge in [-0.2, -0.15) is 0 Å². The predicted octanol–water partition coefficient (Wildman–Crippen LogP) is 22.4. The van der Waals surface area contributed by atoms with Gasteiger partial charge in [-0.3, -0.25) is 0 Å². The van der Waals surface area contributed by atoms with Crippen LogP contribution in [0.3, 0.4) is 0 Å². The second kappa shape index (κ2) is 20.1. The van der Waals surface area contributed by atoms with Crippen LogP contribution in [0.4, 0.5) is 0 Å². The molecule has 0 bridgehead atoms. The van der Waals surface area contributed by atoms with Crippen molar-refractivity contribution in [2.75, 3.05) is 0 Å². The van der Waals surface area contributed by atoms with Gasteiger partial charge in [-0.25, -0.2) is 0 Å². The number of thiophene rings is 2. The van der Waals surface area contributed by atoms with Crippen molar-refractivity contribution in [2.24, 2.45) is 0 Å². The number of rotatable bonds is 10. The van der Waals surface area contributed by atoms with E-state index in [1.807, 2.05) is 28.7 Å². The van der Waals surface area contributed by atoms with E-state index in [1.54, 1.807) is 11.8 Å². The summed E-state index contributed by atoms with van der Waals surface area (Å²) in [5.74, 6) is 0. The van der Waals surface area contributed by atoms with Crippen LogP contribution in [0.5, 0.6) is 0 Å². The summed E-state index contributed by atoms with van der Waals surface area (Å²) in [7, 11) is 0. The molecule has 16 rings (SSSR count). The standard InChI is InChI=1S/C80H54S3/c1-2-23-75(81-49-22-21-26-52-24-5-3-6-25-52)77-60-33-9-10-34-61(60)78(76-48-47-74(83-76)73-46-45-72(82-73)53-27-7-4-8-28-53)63-50-54(41-43-62(63)77)55-42-44-70-71(51-55)80(66-37-17-13-31-58(66)59-32-14-18-38-67(59)80)69-40-20-19-39-68(69)79(70)64-35-15-11-29-56(64)57-30-12-16-36-65(57)79/h2-11,13-15,17-51H,1,12,16H2/b26-21+,49-22+,75-23-. The van der Waals surface area contributed by atoms with E-state index in [9.17, 15) is 0 Å². The van der Waals surface area contributed by atoms with Crippen molar-refractivity contribution in [1.82, 2.24) is 0 Å². The molecule has 4 aliphatic carbocycles. The van der Waals surface area contributed by atoms with Crippen LogP contribution < -0.4 is 0 Å². The van der Waals surface area contributed by atoms with Crippen LogP contribution in [-0.4, -0.2) is 0 Å². The summed E-state index contributed by atoms with van der Waals surface area (Å²) in [5.41, 5.74) is 22.5. The van der Waals surface area contributed by atoms with Crippen LogP contribution in [0.15, 0.2) is 297 Å². The molecular formula is C80H54S3. The third-order valence-electron chi connectivity index (χ3n) is 17.8. The maximum absolute atomic E-state index is 4.28. The maximum atomic E-state index is 4.28. The first-order valence-electron chi connectivity index (χ1n) is 28.7. The van der Waals surface area contributed by atoms with Crippen molar-refractivity contribution < 1.29 is 0 Å². The van der Waals surface area contributed by atoms with E-state index >= 15 is 0 Å². The van der Waals surface area contributed by atoms with Crippen LogP contribution in [0.1, 0.15) is 68.5 Å². The number of thioether (sulfide) groups is 1. The number of hydrogen-bond acceptors (Lipinski definition) is 3. The summed E-state index contributed by atoms with van der Waals surface area (Å²) < 4.78 is 0. The molecule has 2 heterocycles. The lowest BCUT2D eigenvalue weighted by Crippen LogP contribution is -2.44. The van der Waals surface area contributed by atoms with Gasteiger partial charge in [0.25, 0.3) is 0 Å². The molecule has 0 N–H and O–H groups in total. The minimum atomic E-state index is -0.580. The number of hydrogen-bond donors (Lipinski definition) is 0. The Balaban J connectivity index is 0.942. The summed E-state index contributed by atoms with van der Waals surface area (Å²) in [6, 6.07) is 91.7. The predicted molar refractivity (Wildman–Crippen MR) is 358 cm³/mol. The first kappa shape index (κ1) is 49.7. The van der Waals surface area contributed by atoms with Gasteiger partial charge in [-0.15, -0.1) is 22.7 Å². The highest BCUT2D eigenvalue weighted by molar-refractivity contribution is 8.11. The Morgan fingerprint density at radius 1 is 0.410 bits per heavy atom. The lowest BCUT2D eigenvalue weighted by molar-refractivity contribution is 0.630. The SMILES string of the molecule is C=C/C=C(\S/C=C/C=C/c1ccccc1)c1c2ccccc2c(-c2ccc(-c3ccc(-c4ccccc4)s3)s2)c2cc(-c3ccc4c(c3)C3(c5ccccc5-c5ccccc53)c3ccccc3C43C4=CCCC=C4c4ccccc43)ccc12. The normalized spacial score (nSPS) is 16.2. The molecule has 2 aromatic heterocycles. The van der Waals surface area contributed by atoms with Crippen LogP contribution in [-0.2, 0) is 10.8 Å². The Hall–Kier alpha value is -9.09. The molecule has 0 saturated heterocycles. The lowest BCUT2D eigenvalue weighted by Gasteiger charge is -2.49. The molecular weight excluding hydrogens is 1060 g/mol. The maximum Gasteiger partial charge on any atom is 0.0720 e. The average molecular weight is 1110 g/mol. The van der Waals surface area contributed by atoms with Crippen molar-refractivity contribution in [3.05, 3.63) is 352 Å². The first-order valence-corrected chi connectivity index (χ1v) is 31.2. The largest absolute Gasteiger partial charge is 0.134 e. The smallest absolute Gasteiger partial charge is 0.0720 e.